The highest BCUT2D eigenvalue weighted by atomic mass is 79.9. The van der Waals surface area contributed by atoms with Crippen molar-refractivity contribution in [1.29, 1.82) is 0 Å². The minimum Gasteiger partial charge on any atom is -0.507 e. The number of hydrogen-bond donors (Lipinski definition) is 1. The number of carbonyl (C=O) groups is 2. The average molecular weight is 550 g/mol. The number of benzene rings is 3. The Morgan fingerprint density at radius 3 is 2.28 bits per heavy atom. The molecule has 1 aliphatic heterocycles. The van der Waals surface area contributed by atoms with Crippen molar-refractivity contribution in [3.05, 3.63) is 92.5 Å². The molecule has 0 radical (unpaired) electrons. The summed E-state index contributed by atoms with van der Waals surface area (Å²) >= 11 is 3.47. The van der Waals surface area contributed by atoms with Crippen molar-refractivity contribution in [2.75, 3.05) is 18.6 Å². The predicted molar refractivity (Wildman–Crippen MR) is 144 cm³/mol. The number of carbonyl (C=O) groups excluding carboxylic acids is 2. The van der Waals surface area contributed by atoms with Crippen molar-refractivity contribution in [2.45, 2.75) is 33.7 Å². The van der Waals surface area contributed by atoms with E-state index in [2.05, 4.69) is 15.9 Å². The molecular formula is C29H28BrNO5. The zero-order valence-electron chi connectivity index (χ0n) is 20.9. The lowest BCUT2D eigenvalue weighted by molar-refractivity contribution is -0.132. The van der Waals surface area contributed by atoms with Crippen LogP contribution in [0.3, 0.4) is 0 Å². The number of aryl methyl sites for hydroxylation is 3. The molecule has 36 heavy (non-hydrogen) atoms. The highest BCUT2D eigenvalue weighted by Gasteiger charge is 2.47. The maximum Gasteiger partial charge on any atom is 0.300 e. The topological polar surface area (TPSA) is 76.1 Å². The molecule has 0 bridgehead atoms. The van der Waals surface area contributed by atoms with Crippen LogP contribution < -0.4 is 14.4 Å². The fourth-order valence-corrected chi connectivity index (χ4v) is 4.83. The maximum absolute atomic E-state index is 13.5. The molecule has 3 aromatic rings. The molecule has 186 valence electrons. The first kappa shape index (κ1) is 25.5. The SMILES string of the molecule is CCOc1cc(C2/C(=C(/O)c3ccc(Br)c(C)c3)C(=O)C(=O)N2c2cc(C)cc(C)c2)ccc1OC. The highest BCUT2D eigenvalue weighted by molar-refractivity contribution is 9.10. The quantitative estimate of drug-likeness (QED) is 0.218. The van der Waals surface area contributed by atoms with Crippen molar-refractivity contribution in [2.24, 2.45) is 0 Å². The number of halogens is 1. The number of rotatable bonds is 6. The van der Waals surface area contributed by atoms with Gasteiger partial charge in [-0.05, 0) is 86.3 Å². The minimum absolute atomic E-state index is 0.0218. The molecule has 1 amide bonds. The fourth-order valence-electron chi connectivity index (χ4n) is 4.58. The van der Waals surface area contributed by atoms with E-state index in [1.165, 1.54) is 4.90 Å². The number of ketones is 1. The minimum atomic E-state index is -0.861. The maximum atomic E-state index is 13.5. The van der Waals surface area contributed by atoms with Crippen LogP contribution in [0.1, 0.15) is 40.8 Å². The summed E-state index contributed by atoms with van der Waals surface area (Å²) in [5.74, 6) is -0.648. The average Bonchev–Trinajstić information content (AvgIpc) is 3.10. The van der Waals surface area contributed by atoms with Crippen LogP contribution in [0.5, 0.6) is 11.5 Å². The van der Waals surface area contributed by atoms with Crippen molar-refractivity contribution >= 4 is 39.1 Å². The van der Waals surface area contributed by atoms with Gasteiger partial charge < -0.3 is 14.6 Å². The molecule has 0 aliphatic carbocycles. The van der Waals surface area contributed by atoms with Gasteiger partial charge in [-0.1, -0.05) is 34.1 Å². The zero-order chi connectivity index (χ0) is 26.1. The molecule has 1 fully saturated rings. The monoisotopic (exact) mass is 549 g/mol. The Bertz CT molecular complexity index is 1370. The lowest BCUT2D eigenvalue weighted by Gasteiger charge is -2.27. The van der Waals surface area contributed by atoms with Crippen LogP contribution >= 0.6 is 15.9 Å². The molecule has 3 aromatic carbocycles. The van der Waals surface area contributed by atoms with E-state index >= 15 is 0 Å². The number of anilines is 1. The molecule has 6 nitrogen and oxygen atoms in total. The number of Topliss-reactive ketones (excluding diaryl/α,β-unsaturated/α-hetero) is 1. The number of nitrogens with zero attached hydrogens (tertiary/aromatic N) is 1. The molecule has 1 heterocycles. The molecule has 1 N–H and O–H groups in total. The van der Waals surface area contributed by atoms with Crippen molar-refractivity contribution in [1.82, 2.24) is 0 Å². The Morgan fingerprint density at radius 2 is 1.67 bits per heavy atom. The predicted octanol–water partition coefficient (Wildman–Crippen LogP) is 6.41. The molecule has 0 aromatic heterocycles. The molecule has 1 saturated heterocycles. The number of hydrogen-bond acceptors (Lipinski definition) is 5. The van der Waals surface area contributed by atoms with Gasteiger partial charge in [0, 0.05) is 15.7 Å². The third-order valence-electron chi connectivity index (χ3n) is 6.16. The van der Waals surface area contributed by atoms with Gasteiger partial charge in [-0.15, -0.1) is 0 Å². The summed E-state index contributed by atoms with van der Waals surface area (Å²) in [6.07, 6.45) is 0. The standard InChI is InChI=1S/C29H28BrNO5/c1-6-36-24-15-19(8-10-23(24)35-5)26-25(27(32)20-7-9-22(30)18(4)14-20)28(33)29(34)31(26)21-12-16(2)11-17(3)13-21/h7-15,26,32H,6H2,1-5H3/b27-25-. The van der Waals surface area contributed by atoms with Gasteiger partial charge in [0.15, 0.2) is 11.5 Å². The normalized spacial score (nSPS) is 16.9. The van der Waals surface area contributed by atoms with E-state index in [4.69, 9.17) is 9.47 Å². The van der Waals surface area contributed by atoms with Crippen molar-refractivity contribution in [3.63, 3.8) is 0 Å². The third kappa shape index (κ3) is 4.63. The number of methoxy groups -OCH3 is 1. The Balaban J connectivity index is 1.99. The van der Waals surface area contributed by atoms with Gasteiger partial charge in [0.05, 0.1) is 25.3 Å². The third-order valence-corrected chi connectivity index (χ3v) is 7.05. The Hall–Kier alpha value is -3.58. The molecule has 7 heteroatoms. The van der Waals surface area contributed by atoms with Crippen LogP contribution in [0.25, 0.3) is 5.76 Å². The van der Waals surface area contributed by atoms with E-state index in [0.717, 1.165) is 21.2 Å². The highest BCUT2D eigenvalue weighted by Crippen LogP contribution is 2.44. The van der Waals surface area contributed by atoms with Crippen LogP contribution in [-0.2, 0) is 9.59 Å². The number of aliphatic hydroxyl groups excluding tert-OH is 1. The summed E-state index contributed by atoms with van der Waals surface area (Å²) in [5, 5.41) is 11.4. The summed E-state index contributed by atoms with van der Waals surface area (Å²) in [7, 11) is 1.55. The van der Waals surface area contributed by atoms with Crippen LogP contribution in [0.15, 0.2) is 64.6 Å². The van der Waals surface area contributed by atoms with Crippen molar-refractivity contribution in [3.8, 4) is 11.5 Å². The first-order valence-corrected chi connectivity index (χ1v) is 12.4. The van der Waals surface area contributed by atoms with Crippen LogP contribution in [0, 0.1) is 20.8 Å². The molecule has 0 spiro atoms. The summed E-state index contributed by atoms with van der Waals surface area (Å²) in [4.78, 5) is 28.4. The second kappa shape index (κ2) is 10.2. The van der Waals surface area contributed by atoms with Gasteiger partial charge in [0.2, 0.25) is 0 Å². The van der Waals surface area contributed by atoms with Gasteiger partial charge in [-0.2, -0.15) is 0 Å². The van der Waals surface area contributed by atoms with Gasteiger partial charge in [0.1, 0.15) is 5.76 Å². The molecule has 1 aliphatic rings. The van der Waals surface area contributed by atoms with Crippen LogP contribution in [0.4, 0.5) is 5.69 Å². The number of amides is 1. The second-order valence-electron chi connectivity index (χ2n) is 8.82. The summed E-state index contributed by atoms with van der Waals surface area (Å²) in [6, 6.07) is 15.5. The first-order chi connectivity index (χ1) is 17.2. The largest absolute Gasteiger partial charge is 0.507 e. The smallest absolute Gasteiger partial charge is 0.300 e. The molecule has 0 saturated carbocycles. The molecule has 1 atom stereocenters. The van der Waals surface area contributed by atoms with Crippen molar-refractivity contribution < 1.29 is 24.2 Å². The zero-order valence-corrected chi connectivity index (χ0v) is 22.5. The van der Waals surface area contributed by atoms with Gasteiger partial charge in [-0.25, -0.2) is 0 Å². The van der Waals surface area contributed by atoms with E-state index in [1.54, 1.807) is 43.5 Å². The van der Waals surface area contributed by atoms with Gasteiger partial charge in [0.25, 0.3) is 11.7 Å². The van der Waals surface area contributed by atoms with Gasteiger partial charge in [-0.3, -0.25) is 14.5 Å². The van der Waals surface area contributed by atoms with E-state index in [1.807, 2.05) is 45.9 Å². The molecule has 1 unspecified atom stereocenters. The second-order valence-corrected chi connectivity index (χ2v) is 9.68. The van der Waals surface area contributed by atoms with E-state index in [-0.39, 0.29) is 11.3 Å². The Morgan fingerprint density at radius 1 is 0.972 bits per heavy atom. The molecule has 4 rings (SSSR count). The van der Waals surface area contributed by atoms with E-state index in [0.29, 0.717) is 34.9 Å². The summed E-state index contributed by atoms with van der Waals surface area (Å²) < 4.78 is 12.1. The Kier molecular flexibility index (Phi) is 7.22. The fraction of sp³-hybridized carbons (Fsp3) is 0.241. The molecular weight excluding hydrogens is 522 g/mol. The Labute approximate surface area is 219 Å². The lowest BCUT2D eigenvalue weighted by atomic mass is 9.94. The number of ether oxygens (including phenoxy) is 2. The summed E-state index contributed by atoms with van der Waals surface area (Å²) in [5.41, 5.74) is 4.48. The summed E-state index contributed by atoms with van der Waals surface area (Å²) in [6.45, 7) is 8.05. The first-order valence-electron chi connectivity index (χ1n) is 11.6. The van der Waals surface area contributed by atoms with Crippen LogP contribution in [0.2, 0.25) is 0 Å². The van der Waals surface area contributed by atoms with E-state index < -0.39 is 17.7 Å². The van der Waals surface area contributed by atoms with Crippen LogP contribution in [-0.4, -0.2) is 30.5 Å². The number of aliphatic hydroxyl groups is 1. The van der Waals surface area contributed by atoms with E-state index in [9.17, 15) is 14.7 Å². The van der Waals surface area contributed by atoms with Gasteiger partial charge >= 0.3 is 0 Å². The lowest BCUT2D eigenvalue weighted by Crippen LogP contribution is -2.29.